The van der Waals surface area contributed by atoms with E-state index in [9.17, 15) is 14.4 Å². The third-order valence-electron chi connectivity index (χ3n) is 4.90. The number of amides is 2. The smallest absolute Gasteiger partial charge is 0.306 e. The summed E-state index contributed by atoms with van der Waals surface area (Å²) in [6.45, 7) is 1.52. The molecule has 2 saturated heterocycles. The Morgan fingerprint density at radius 3 is 2.30 bits per heavy atom. The molecule has 6 nitrogen and oxygen atoms in total. The van der Waals surface area contributed by atoms with Crippen LogP contribution in [0.1, 0.15) is 19.3 Å². The van der Waals surface area contributed by atoms with Gasteiger partial charge in [0.25, 0.3) is 0 Å². The normalized spacial score (nSPS) is 31.4. The standard InChI is InChI=1S/C15H22N2O4S2/c18-13(10-1-2-11(7-10)15(20)21)17-9-23-8-12(17)14(19)16-3-5-22-6-4-16/h10-12H,1-9H2,(H,20,21)/t10-,11+,12?/m0/s1. The van der Waals surface area contributed by atoms with Gasteiger partial charge in [0.1, 0.15) is 6.04 Å². The molecule has 2 aliphatic heterocycles. The maximum absolute atomic E-state index is 12.8. The Balaban J connectivity index is 1.63. The molecule has 0 bridgehead atoms. The van der Waals surface area contributed by atoms with Crippen molar-refractivity contribution in [3.8, 4) is 0 Å². The minimum absolute atomic E-state index is 0.0246. The molecule has 3 rings (SSSR count). The van der Waals surface area contributed by atoms with Crippen LogP contribution in [0.25, 0.3) is 0 Å². The first-order valence-corrected chi connectivity index (χ1v) is 10.4. The number of carboxylic acids is 1. The van der Waals surface area contributed by atoms with Crippen LogP contribution in [0.15, 0.2) is 0 Å². The van der Waals surface area contributed by atoms with Gasteiger partial charge in [-0.1, -0.05) is 0 Å². The van der Waals surface area contributed by atoms with Gasteiger partial charge in [-0.25, -0.2) is 0 Å². The Bertz CT molecular complexity index is 496. The SMILES string of the molecule is O=C(O)[C@@H]1CC[C@H](C(=O)N2CSCC2C(=O)N2CCSCC2)C1. The van der Waals surface area contributed by atoms with E-state index in [-0.39, 0.29) is 23.8 Å². The zero-order valence-corrected chi connectivity index (χ0v) is 14.6. The number of carbonyl (C=O) groups is 3. The van der Waals surface area contributed by atoms with Gasteiger partial charge in [0.05, 0.1) is 11.8 Å². The van der Waals surface area contributed by atoms with Gasteiger partial charge < -0.3 is 14.9 Å². The van der Waals surface area contributed by atoms with Crippen LogP contribution in [0.3, 0.4) is 0 Å². The molecule has 3 fully saturated rings. The highest BCUT2D eigenvalue weighted by molar-refractivity contribution is 7.99. The number of nitrogens with zero attached hydrogens (tertiary/aromatic N) is 2. The molecule has 0 aromatic heterocycles. The maximum atomic E-state index is 12.8. The average molecular weight is 358 g/mol. The predicted octanol–water partition coefficient (Wildman–Crippen LogP) is 0.964. The van der Waals surface area contributed by atoms with E-state index in [0.29, 0.717) is 30.9 Å². The molecule has 2 heterocycles. The molecule has 23 heavy (non-hydrogen) atoms. The second-order valence-electron chi connectivity index (χ2n) is 6.31. The number of aliphatic carboxylic acids is 1. The van der Waals surface area contributed by atoms with E-state index >= 15 is 0 Å². The number of rotatable bonds is 3. The highest BCUT2D eigenvalue weighted by Gasteiger charge is 2.42. The molecule has 1 unspecified atom stereocenters. The Morgan fingerprint density at radius 2 is 1.65 bits per heavy atom. The zero-order valence-electron chi connectivity index (χ0n) is 13.0. The molecular weight excluding hydrogens is 336 g/mol. The Hall–Kier alpha value is -0.890. The zero-order chi connectivity index (χ0) is 16.4. The van der Waals surface area contributed by atoms with E-state index in [1.165, 1.54) is 0 Å². The number of hydrogen-bond acceptors (Lipinski definition) is 5. The van der Waals surface area contributed by atoms with Gasteiger partial charge in [-0.3, -0.25) is 14.4 Å². The summed E-state index contributed by atoms with van der Waals surface area (Å²) in [7, 11) is 0. The van der Waals surface area contributed by atoms with Gasteiger partial charge >= 0.3 is 5.97 Å². The van der Waals surface area contributed by atoms with Gasteiger partial charge in [0, 0.05) is 36.3 Å². The van der Waals surface area contributed by atoms with Crippen LogP contribution < -0.4 is 0 Å². The van der Waals surface area contributed by atoms with Crippen LogP contribution in [-0.2, 0) is 14.4 Å². The largest absolute Gasteiger partial charge is 0.481 e. The van der Waals surface area contributed by atoms with Crippen molar-refractivity contribution in [3.63, 3.8) is 0 Å². The number of thioether (sulfide) groups is 2. The Kier molecular flexibility index (Phi) is 5.41. The van der Waals surface area contributed by atoms with Crippen molar-refractivity contribution >= 4 is 41.3 Å². The molecule has 0 radical (unpaired) electrons. The highest BCUT2D eigenvalue weighted by Crippen LogP contribution is 2.35. The predicted molar refractivity (Wildman–Crippen MR) is 90.3 cm³/mol. The van der Waals surface area contributed by atoms with E-state index < -0.39 is 11.9 Å². The van der Waals surface area contributed by atoms with Crippen molar-refractivity contribution in [2.24, 2.45) is 11.8 Å². The molecule has 1 saturated carbocycles. The van der Waals surface area contributed by atoms with E-state index in [2.05, 4.69) is 0 Å². The molecule has 2 amide bonds. The molecule has 8 heteroatoms. The molecule has 128 valence electrons. The first-order chi connectivity index (χ1) is 11.1. The van der Waals surface area contributed by atoms with E-state index in [4.69, 9.17) is 5.11 Å². The minimum atomic E-state index is -0.811. The molecule has 1 aliphatic carbocycles. The molecule has 3 atom stereocenters. The fourth-order valence-electron chi connectivity index (χ4n) is 3.52. The van der Waals surface area contributed by atoms with Gasteiger partial charge in [0.15, 0.2) is 0 Å². The van der Waals surface area contributed by atoms with Crippen LogP contribution in [0, 0.1) is 11.8 Å². The monoisotopic (exact) mass is 358 g/mol. The van der Waals surface area contributed by atoms with Gasteiger partial charge in [-0.05, 0) is 19.3 Å². The first-order valence-electron chi connectivity index (χ1n) is 8.05. The Morgan fingerprint density at radius 1 is 0.957 bits per heavy atom. The minimum Gasteiger partial charge on any atom is -0.481 e. The third-order valence-corrected chi connectivity index (χ3v) is 6.86. The lowest BCUT2D eigenvalue weighted by Crippen LogP contribution is -2.52. The maximum Gasteiger partial charge on any atom is 0.306 e. The molecule has 0 aromatic carbocycles. The van der Waals surface area contributed by atoms with E-state index in [1.54, 1.807) is 16.7 Å². The van der Waals surface area contributed by atoms with Crippen molar-refractivity contribution in [2.75, 3.05) is 36.2 Å². The number of carboxylic acid groups (broad SMARTS) is 1. The summed E-state index contributed by atoms with van der Waals surface area (Å²) in [5, 5.41) is 9.10. The summed E-state index contributed by atoms with van der Waals surface area (Å²) >= 11 is 3.47. The average Bonchev–Trinajstić information content (AvgIpc) is 3.23. The summed E-state index contributed by atoms with van der Waals surface area (Å²) in [6, 6.07) is -0.362. The van der Waals surface area contributed by atoms with Crippen LogP contribution in [0.2, 0.25) is 0 Å². The first kappa shape index (κ1) is 17.0. The highest BCUT2D eigenvalue weighted by atomic mass is 32.2. The summed E-state index contributed by atoms with van der Waals surface area (Å²) in [4.78, 5) is 40.1. The van der Waals surface area contributed by atoms with E-state index in [1.807, 2.05) is 16.7 Å². The van der Waals surface area contributed by atoms with Crippen molar-refractivity contribution in [2.45, 2.75) is 25.3 Å². The topological polar surface area (TPSA) is 77.9 Å². The lowest BCUT2D eigenvalue weighted by atomic mass is 10.0. The second kappa shape index (κ2) is 7.34. The van der Waals surface area contributed by atoms with E-state index in [0.717, 1.165) is 24.6 Å². The van der Waals surface area contributed by atoms with Gasteiger partial charge in [-0.2, -0.15) is 11.8 Å². The summed E-state index contributed by atoms with van der Waals surface area (Å²) < 4.78 is 0. The van der Waals surface area contributed by atoms with Crippen LogP contribution in [0.5, 0.6) is 0 Å². The molecule has 0 aromatic rings. The quantitative estimate of drug-likeness (QED) is 0.810. The summed E-state index contributed by atoms with van der Waals surface area (Å²) in [5.74, 6) is 1.71. The lowest BCUT2D eigenvalue weighted by molar-refractivity contribution is -0.146. The lowest BCUT2D eigenvalue weighted by Gasteiger charge is -2.32. The van der Waals surface area contributed by atoms with Crippen LogP contribution in [-0.4, -0.2) is 75.0 Å². The van der Waals surface area contributed by atoms with Crippen molar-refractivity contribution in [3.05, 3.63) is 0 Å². The number of hydrogen-bond donors (Lipinski definition) is 1. The van der Waals surface area contributed by atoms with Crippen LogP contribution >= 0.6 is 23.5 Å². The second-order valence-corrected chi connectivity index (χ2v) is 8.53. The molecule has 1 N–H and O–H groups in total. The van der Waals surface area contributed by atoms with Gasteiger partial charge in [0.2, 0.25) is 11.8 Å². The van der Waals surface area contributed by atoms with Gasteiger partial charge in [-0.15, -0.1) is 11.8 Å². The molecule has 3 aliphatic rings. The third kappa shape index (κ3) is 3.63. The van der Waals surface area contributed by atoms with Crippen molar-refractivity contribution in [1.82, 2.24) is 9.80 Å². The fourth-order valence-corrected chi connectivity index (χ4v) is 5.58. The number of carbonyl (C=O) groups excluding carboxylic acids is 2. The van der Waals surface area contributed by atoms with Crippen molar-refractivity contribution < 1.29 is 19.5 Å². The summed E-state index contributed by atoms with van der Waals surface area (Å²) in [5.41, 5.74) is 0. The Labute approximate surface area is 144 Å². The van der Waals surface area contributed by atoms with Crippen molar-refractivity contribution in [1.29, 1.82) is 0 Å². The fraction of sp³-hybridized carbons (Fsp3) is 0.800. The molecular formula is C15H22N2O4S2. The van der Waals surface area contributed by atoms with Crippen LogP contribution in [0.4, 0.5) is 0 Å². The molecule has 0 spiro atoms. The summed E-state index contributed by atoms with van der Waals surface area (Å²) in [6.07, 6.45) is 1.60.